The number of anilines is 1. The van der Waals surface area contributed by atoms with Crippen molar-refractivity contribution in [1.82, 2.24) is 20.3 Å². The highest BCUT2D eigenvalue weighted by atomic mass is 16.6. The smallest absolute Gasteiger partial charge is 0.133 e. The van der Waals surface area contributed by atoms with Gasteiger partial charge in [-0.3, -0.25) is 0 Å². The first-order valence-electron chi connectivity index (χ1n) is 7.29. The predicted molar refractivity (Wildman–Crippen MR) is 77.9 cm³/mol. The Balaban J connectivity index is 1.93. The van der Waals surface area contributed by atoms with Crippen LogP contribution in [-0.4, -0.2) is 33.4 Å². The van der Waals surface area contributed by atoms with Gasteiger partial charge in [0.25, 0.3) is 0 Å². The molecule has 112 valence electrons. The second-order valence-electron chi connectivity index (χ2n) is 5.39. The molecule has 1 aliphatic rings. The molecule has 1 fully saturated rings. The largest absolute Gasteiger partial charge is 0.348 e. The second-order valence-corrected chi connectivity index (χ2v) is 5.39. The van der Waals surface area contributed by atoms with E-state index < -0.39 is 0 Å². The zero-order chi connectivity index (χ0) is 14.8. The highest BCUT2D eigenvalue weighted by Crippen LogP contribution is 2.35. The van der Waals surface area contributed by atoms with Crippen LogP contribution in [0.4, 0.5) is 5.82 Å². The molecule has 1 atom stereocenters. The molecule has 2 aromatic heterocycles. The topological polar surface area (TPSA) is 94.0 Å². The van der Waals surface area contributed by atoms with E-state index in [1.807, 2.05) is 19.9 Å². The third-order valence-electron chi connectivity index (χ3n) is 3.83. The van der Waals surface area contributed by atoms with E-state index in [1.54, 1.807) is 0 Å². The van der Waals surface area contributed by atoms with E-state index in [0.717, 1.165) is 54.5 Å². The van der Waals surface area contributed by atoms with Crippen LogP contribution in [-0.2, 0) is 6.42 Å². The molecule has 3 rings (SSSR count). The van der Waals surface area contributed by atoms with Gasteiger partial charge in [-0.1, -0.05) is 10.3 Å². The molecule has 0 bridgehead atoms. The van der Waals surface area contributed by atoms with Gasteiger partial charge >= 0.3 is 0 Å². The fraction of sp³-hybridized carbons (Fsp3) is 0.571. The highest BCUT2D eigenvalue weighted by molar-refractivity contribution is 5.44. The molecule has 0 amide bonds. The molecule has 0 spiro atoms. The van der Waals surface area contributed by atoms with Gasteiger partial charge in [0.2, 0.25) is 0 Å². The van der Waals surface area contributed by atoms with Gasteiger partial charge in [-0.15, -0.1) is 0 Å². The average molecular weight is 288 g/mol. The van der Waals surface area contributed by atoms with Crippen molar-refractivity contribution >= 4 is 5.82 Å². The van der Waals surface area contributed by atoms with Crippen molar-refractivity contribution < 1.29 is 4.63 Å². The Morgan fingerprint density at radius 2 is 2.19 bits per heavy atom. The van der Waals surface area contributed by atoms with Crippen LogP contribution in [0.1, 0.15) is 41.8 Å². The predicted octanol–water partition coefficient (Wildman–Crippen LogP) is 1.32. The van der Waals surface area contributed by atoms with Crippen molar-refractivity contribution in [2.24, 2.45) is 5.73 Å². The summed E-state index contributed by atoms with van der Waals surface area (Å²) in [4.78, 5) is 11.3. The normalized spacial score (nSPS) is 18.4. The number of hydrogen-bond donors (Lipinski definition) is 1. The molecule has 0 radical (unpaired) electrons. The minimum Gasteiger partial charge on any atom is -0.348 e. The van der Waals surface area contributed by atoms with Crippen LogP contribution in [0.15, 0.2) is 10.7 Å². The summed E-state index contributed by atoms with van der Waals surface area (Å²) in [6, 6.07) is 2.21. The van der Waals surface area contributed by atoms with Crippen molar-refractivity contribution in [2.45, 2.75) is 39.2 Å². The Bertz CT molecular complexity index is 626. The lowest BCUT2D eigenvalue weighted by molar-refractivity contribution is 0.299. The standard InChI is InChI=1S/C14H20N6O/c1-9-14(19-21-18-9)12-4-3-7-20(12)13-8-11(5-6-15)16-10(2)17-13/h8,12H,3-7,15H2,1-2H3/t12-/m1/s1. The Morgan fingerprint density at radius 1 is 1.33 bits per heavy atom. The van der Waals surface area contributed by atoms with E-state index in [4.69, 9.17) is 10.4 Å². The zero-order valence-corrected chi connectivity index (χ0v) is 12.4. The third kappa shape index (κ3) is 2.73. The number of aryl methyl sites for hydroxylation is 2. The molecule has 0 unspecified atom stereocenters. The fourth-order valence-electron chi connectivity index (χ4n) is 2.90. The first-order valence-corrected chi connectivity index (χ1v) is 7.29. The summed E-state index contributed by atoms with van der Waals surface area (Å²) >= 11 is 0. The van der Waals surface area contributed by atoms with Gasteiger partial charge in [0.1, 0.15) is 23.0 Å². The molecule has 1 saturated heterocycles. The van der Waals surface area contributed by atoms with Crippen molar-refractivity contribution in [1.29, 1.82) is 0 Å². The molecule has 21 heavy (non-hydrogen) atoms. The van der Waals surface area contributed by atoms with Crippen LogP contribution in [0.3, 0.4) is 0 Å². The van der Waals surface area contributed by atoms with Gasteiger partial charge in [-0.2, -0.15) is 0 Å². The summed E-state index contributed by atoms with van der Waals surface area (Å²) in [5.41, 5.74) is 8.37. The fourth-order valence-corrected chi connectivity index (χ4v) is 2.90. The molecule has 2 aromatic rings. The van der Waals surface area contributed by atoms with E-state index in [9.17, 15) is 0 Å². The SMILES string of the molecule is Cc1nc(CCN)cc(N2CCC[C@@H]2c2nonc2C)n1. The summed E-state index contributed by atoms with van der Waals surface area (Å²) in [7, 11) is 0. The van der Waals surface area contributed by atoms with Gasteiger partial charge in [0, 0.05) is 24.7 Å². The van der Waals surface area contributed by atoms with Crippen LogP contribution in [0, 0.1) is 13.8 Å². The molecule has 0 aliphatic carbocycles. The third-order valence-corrected chi connectivity index (χ3v) is 3.83. The van der Waals surface area contributed by atoms with Gasteiger partial charge in [-0.25, -0.2) is 14.6 Å². The van der Waals surface area contributed by atoms with Crippen LogP contribution in [0.2, 0.25) is 0 Å². The molecule has 0 aromatic carbocycles. The Hall–Kier alpha value is -2.02. The molecule has 7 nitrogen and oxygen atoms in total. The minimum atomic E-state index is 0.177. The maximum absolute atomic E-state index is 5.63. The second kappa shape index (κ2) is 5.77. The molecule has 3 heterocycles. The highest BCUT2D eigenvalue weighted by Gasteiger charge is 2.31. The zero-order valence-electron chi connectivity index (χ0n) is 12.4. The quantitative estimate of drug-likeness (QED) is 0.906. The van der Waals surface area contributed by atoms with Gasteiger partial charge in [0.15, 0.2) is 0 Å². The Kier molecular flexibility index (Phi) is 3.83. The van der Waals surface area contributed by atoms with Crippen LogP contribution in [0.25, 0.3) is 0 Å². The van der Waals surface area contributed by atoms with E-state index in [-0.39, 0.29) is 6.04 Å². The van der Waals surface area contributed by atoms with Crippen molar-refractivity contribution in [2.75, 3.05) is 18.0 Å². The van der Waals surface area contributed by atoms with E-state index in [2.05, 4.69) is 25.2 Å². The van der Waals surface area contributed by atoms with Crippen LogP contribution >= 0.6 is 0 Å². The summed E-state index contributed by atoms with van der Waals surface area (Å²) in [6.45, 7) is 5.38. The Morgan fingerprint density at radius 3 is 2.90 bits per heavy atom. The van der Waals surface area contributed by atoms with Gasteiger partial charge < -0.3 is 10.6 Å². The Labute approximate surface area is 123 Å². The minimum absolute atomic E-state index is 0.177. The lowest BCUT2D eigenvalue weighted by atomic mass is 10.1. The summed E-state index contributed by atoms with van der Waals surface area (Å²) < 4.78 is 4.85. The van der Waals surface area contributed by atoms with Crippen molar-refractivity contribution in [3.8, 4) is 0 Å². The molecular weight excluding hydrogens is 268 g/mol. The first kappa shape index (κ1) is 13.9. The van der Waals surface area contributed by atoms with E-state index >= 15 is 0 Å². The van der Waals surface area contributed by atoms with Gasteiger partial charge in [0.05, 0.1) is 6.04 Å². The molecule has 1 aliphatic heterocycles. The number of nitrogens with zero attached hydrogens (tertiary/aromatic N) is 5. The number of hydrogen-bond acceptors (Lipinski definition) is 7. The lowest BCUT2D eigenvalue weighted by Crippen LogP contribution is -2.25. The summed E-state index contributed by atoms with van der Waals surface area (Å²) in [6.07, 6.45) is 2.90. The maximum Gasteiger partial charge on any atom is 0.133 e. The molecule has 7 heteroatoms. The van der Waals surface area contributed by atoms with E-state index in [1.165, 1.54) is 0 Å². The number of aromatic nitrogens is 4. The monoisotopic (exact) mass is 288 g/mol. The lowest BCUT2D eigenvalue weighted by Gasteiger charge is -2.24. The molecule has 0 saturated carbocycles. The average Bonchev–Trinajstić information content (AvgIpc) is 3.06. The summed E-state index contributed by atoms with van der Waals surface area (Å²) in [5.74, 6) is 1.72. The number of rotatable bonds is 4. The first-order chi connectivity index (χ1) is 10.2. The molecular formula is C14H20N6O. The van der Waals surface area contributed by atoms with E-state index in [0.29, 0.717) is 6.54 Å². The van der Waals surface area contributed by atoms with Crippen LogP contribution in [0.5, 0.6) is 0 Å². The number of nitrogens with two attached hydrogens (primary N) is 1. The van der Waals surface area contributed by atoms with Crippen molar-refractivity contribution in [3.63, 3.8) is 0 Å². The summed E-state index contributed by atoms with van der Waals surface area (Å²) in [5, 5.41) is 7.96. The van der Waals surface area contributed by atoms with Gasteiger partial charge in [-0.05, 0) is 33.2 Å². The van der Waals surface area contributed by atoms with Crippen molar-refractivity contribution in [3.05, 3.63) is 29.0 Å². The maximum atomic E-state index is 5.63. The molecule has 2 N–H and O–H groups in total. The van der Waals surface area contributed by atoms with Crippen LogP contribution < -0.4 is 10.6 Å².